The van der Waals surface area contributed by atoms with Crippen molar-refractivity contribution in [2.75, 3.05) is 13.2 Å². The van der Waals surface area contributed by atoms with Gasteiger partial charge >= 0.3 is 0 Å². The zero-order valence-electron chi connectivity index (χ0n) is 12.1. The van der Waals surface area contributed by atoms with Crippen molar-refractivity contribution in [3.63, 3.8) is 0 Å². The average molecular weight is 290 g/mol. The number of para-hydroxylation sites is 1. The van der Waals surface area contributed by atoms with E-state index < -0.39 is 17.4 Å². The molecule has 1 saturated heterocycles. The van der Waals surface area contributed by atoms with Crippen LogP contribution in [0.15, 0.2) is 30.3 Å². The number of piperazine rings is 1. The van der Waals surface area contributed by atoms with Crippen molar-refractivity contribution in [3.8, 4) is 5.75 Å². The number of carbonyl (C=O) groups is 3. The normalized spacial score (nSPS) is 17.3. The number of nitrogens with zero attached hydrogens (tertiary/aromatic N) is 1. The van der Waals surface area contributed by atoms with Crippen LogP contribution in [0, 0.1) is 0 Å². The molecule has 0 aromatic heterocycles. The summed E-state index contributed by atoms with van der Waals surface area (Å²) in [4.78, 5) is 36.7. The third kappa shape index (κ3) is 3.39. The maximum Gasteiger partial charge on any atom is 0.252 e. The Balaban J connectivity index is 1.93. The van der Waals surface area contributed by atoms with Gasteiger partial charge in [0.2, 0.25) is 11.8 Å². The number of imide groups is 1. The molecule has 0 atom stereocenters. The first kappa shape index (κ1) is 15.0. The Hall–Kier alpha value is -2.37. The molecule has 1 N–H and O–H groups in total. The van der Waals surface area contributed by atoms with E-state index in [1.54, 1.807) is 26.0 Å². The largest absolute Gasteiger partial charge is 0.493 e. The van der Waals surface area contributed by atoms with Gasteiger partial charge in [-0.15, -0.1) is 0 Å². The molecule has 1 fully saturated rings. The standard InChI is InChI=1S/C15H18N2O4/c1-15(2)14(20)16-12(18)10-17(15)13(19)8-9-21-11-6-4-3-5-7-11/h3-7H,8-10H2,1-2H3,(H,16,18,20). The fourth-order valence-electron chi connectivity index (χ4n) is 2.09. The fraction of sp³-hybridized carbons (Fsp3) is 0.400. The van der Waals surface area contributed by atoms with Crippen LogP contribution in [0.5, 0.6) is 5.75 Å². The summed E-state index contributed by atoms with van der Waals surface area (Å²) in [5.74, 6) is -0.524. The van der Waals surface area contributed by atoms with E-state index in [2.05, 4.69) is 5.32 Å². The van der Waals surface area contributed by atoms with Gasteiger partial charge in [0.15, 0.2) is 0 Å². The average Bonchev–Trinajstić information content (AvgIpc) is 2.44. The smallest absolute Gasteiger partial charge is 0.252 e. The number of hydrogen-bond acceptors (Lipinski definition) is 4. The van der Waals surface area contributed by atoms with E-state index in [-0.39, 0.29) is 25.5 Å². The second kappa shape index (κ2) is 5.95. The summed E-state index contributed by atoms with van der Waals surface area (Å²) in [6, 6.07) is 9.15. The molecule has 0 bridgehead atoms. The van der Waals surface area contributed by atoms with Crippen molar-refractivity contribution >= 4 is 17.7 Å². The first-order valence-electron chi connectivity index (χ1n) is 6.74. The van der Waals surface area contributed by atoms with E-state index in [9.17, 15) is 14.4 Å². The van der Waals surface area contributed by atoms with Gasteiger partial charge < -0.3 is 9.64 Å². The Bertz CT molecular complexity index is 554. The number of rotatable bonds is 4. The number of amides is 3. The molecule has 0 saturated carbocycles. The lowest BCUT2D eigenvalue weighted by Gasteiger charge is -2.40. The number of carbonyl (C=O) groups excluding carboxylic acids is 3. The molecule has 1 aromatic rings. The molecular formula is C15H18N2O4. The Labute approximate surface area is 123 Å². The molecule has 112 valence electrons. The zero-order chi connectivity index (χ0) is 15.5. The Kier molecular flexibility index (Phi) is 4.26. The molecule has 21 heavy (non-hydrogen) atoms. The molecule has 1 heterocycles. The summed E-state index contributed by atoms with van der Waals surface area (Å²) >= 11 is 0. The highest BCUT2D eigenvalue weighted by atomic mass is 16.5. The van der Waals surface area contributed by atoms with Gasteiger partial charge in [0.05, 0.1) is 13.0 Å². The van der Waals surface area contributed by atoms with Crippen molar-refractivity contribution in [3.05, 3.63) is 30.3 Å². The summed E-state index contributed by atoms with van der Waals surface area (Å²) in [7, 11) is 0. The van der Waals surface area contributed by atoms with Crippen LogP contribution < -0.4 is 10.1 Å². The Morgan fingerprint density at radius 2 is 1.95 bits per heavy atom. The van der Waals surface area contributed by atoms with Crippen molar-refractivity contribution in [2.24, 2.45) is 0 Å². The SMILES string of the molecule is CC1(C)C(=O)NC(=O)CN1C(=O)CCOc1ccccc1. The summed E-state index contributed by atoms with van der Waals surface area (Å²) in [6.07, 6.45) is 0.110. The van der Waals surface area contributed by atoms with Crippen LogP contribution in [-0.4, -0.2) is 41.3 Å². The quantitative estimate of drug-likeness (QED) is 0.829. The second-order valence-electron chi connectivity index (χ2n) is 5.33. The molecule has 3 amide bonds. The predicted molar refractivity (Wildman–Crippen MR) is 75.5 cm³/mol. The minimum Gasteiger partial charge on any atom is -0.493 e. The Morgan fingerprint density at radius 1 is 1.29 bits per heavy atom. The highest BCUT2D eigenvalue weighted by Crippen LogP contribution is 2.19. The maximum atomic E-state index is 12.2. The first-order chi connectivity index (χ1) is 9.91. The van der Waals surface area contributed by atoms with Crippen LogP contribution in [0.3, 0.4) is 0 Å². The second-order valence-corrected chi connectivity index (χ2v) is 5.33. The Morgan fingerprint density at radius 3 is 2.62 bits per heavy atom. The van der Waals surface area contributed by atoms with Crippen LogP contribution in [0.1, 0.15) is 20.3 Å². The monoisotopic (exact) mass is 290 g/mol. The van der Waals surface area contributed by atoms with Gasteiger partial charge in [-0.25, -0.2) is 0 Å². The molecule has 1 aromatic carbocycles. The lowest BCUT2D eigenvalue weighted by molar-refractivity contribution is -0.155. The highest BCUT2D eigenvalue weighted by Gasteiger charge is 2.43. The summed E-state index contributed by atoms with van der Waals surface area (Å²) in [5.41, 5.74) is -1.03. The van der Waals surface area contributed by atoms with Crippen LogP contribution >= 0.6 is 0 Å². The summed E-state index contributed by atoms with van der Waals surface area (Å²) in [5, 5.41) is 2.23. The molecule has 6 nitrogen and oxygen atoms in total. The number of ether oxygens (including phenoxy) is 1. The van der Waals surface area contributed by atoms with Crippen molar-refractivity contribution in [2.45, 2.75) is 25.8 Å². The fourth-order valence-corrected chi connectivity index (χ4v) is 2.09. The highest BCUT2D eigenvalue weighted by molar-refractivity contribution is 6.06. The van der Waals surface area contributed by atoms with Gasteiger partial charge in [-0.1, -0.05) is 18.2 Å². The molecule has 1 aliphatic heterocycles. The van der Waals surface area contributed by atoms with Crippen molar-refractivity contribution < 1.29 is 19.1 Å². The van der Waals surface area contributed by atoms with E-state index in [1.807, 2.05) is 18.2 Å². The molecule has 0 unspecified atom stereocenters. The van der Waals surface area contributed by atoms with Gasteiger partial charge in [0, 0.05) is 0 Å². The molecule has 0 aliphatic carbocycles. The van der Waals surface area contributed by atoms with Crippen molar-refractivity contribution in [1.82, 2.24) is 10.2 Å². The topological polar surface area (TPSA) is 75.7 Å². The molecular weight excluding hydrogens is 272 g/mol. The van der Waals surface area contributed by atoms with Gasteiger partial charge in [0.1, 0.15) is 17.8 Å². The predicted octanol–water partition coefficient (Wildman–Crippen LogP) is 0.719. The van der Waals surface area contributed by atoms with E-state index in [0.29, 0.717) is 5.75 Å². The third-order valence-corrected chi connectivity index (χ3v) is 3.41. The first-order valence-corrected chi connectivity index (χ1v) is 6.74. The number of benzene rings is 1. The summed E-state index contributed by atoms with van der Waals surface area (Å²) in [6.45, 7) is 3.32. The van der Waals surface area contributed by atoms with E-state index in [1.165, 1.54) is 4.90 Å². The van der Waals surface area contributed by atoms with Gasteiger partial charge in [-0.05, 0) is 26.0 Å². The van der Waals surface area contributed by atoms with Gasteiger partial charge in [-0.2, -0.15) is 0 Å². The van der Waals surface area contributed by atoms with Crippen LogP contribution in [0.4, 0.5) is 0 Å². The van der Waals surface area contributed by atoms with Crippen LogP contribution in [-0.2, 0) is 14.4 Å². The molecule has 1 aliphatic rings. The molecule has 2 rings (SSSR count). The summed E-state index contributed by atoms with van der Waals surface area (Å²) < 4.78 is 5.46. The lowest BCUT2D eigenvalue weighted by atomic mass is 9.98. The third-order valence-electron chi connectivity index (χ3n) is 3.41. The number of hydrogen-bond donors (Lipinski definition) is 1. The van der Waals surface area contributed by atoms with E-state index in [0.717, 1.165) is 0 Å². The minimum atomic E-state index is -1.03. The van der Waals surface area contributed by atoms with Crippen LogP contribution in [0.25, 0.3) is 0 Å². The molecule has 0 radical (unpaired) electrons. The molecule has 6 heteroatoms. The van der Waals surface area contributed by atoms with Crippen molar-refractivity contribution in [1.29, 1.82) is 0 Å². The number of nitrogens with one attached hydrogen (secondary N) is 1. The minimum absolute atomic E-state index is 0.108. The van der Waals surface area contributed by atoms with E-state index in [4.69, 9.17) is 4.74 Å². The van der Waals surface area contributed by atoms with E-state index >= 15 is 0 Å². The van der Waals surface area contributed by atoms with Crippen LogP contribution in [0.2, 0.25) is 0 Å². The maximum absolute atomic E-state index is 12.2. The zero-order valence-corrected chi connectivity index (χ0v) is 12.1. The molecule has 0 spiro atoms. The van der Waals surface area contributed by atoms with Gasteiger partial charge in [-0.3, -0.25) is 19.7 Å². The lowest BCUT2D eigenvalue weighted by Crippen LogP contribution is -2.65. The van der Waals surface area contributed by atoms with Gasteiger partial charge in [0.25, 0.3) is 5.91 Å².